The Kier molecular flexibility index (Phi) is 8.88. The summed E-state index contributed by atoms with van der Waals surface area (Å²) in [7, 11) is 0. The van der Waals surface area contributed by atoms with E-state index in [9.17, 15) is 30.7 Å². The molecule has 0 spiro atoms. The van der Waals surface area contributed by atoms with Crippen LogP contribution in [0, 0.1) is 5.82 Å². The molecule has 2 saturated heterocycles. The Balaban J connectivity index is 1.43. The molecule has 7 nitrogen and oxygen atoms in total. The van der Waals surface area contributed by atoms with Crippen LogP contribution in [0.2, 0.25) is 0 Å². The highest BCUT2D eigenvalue weighted by Crippen LogP contribution is 2.40. The summed E-state index contributed by atoms with van der Waals surface area (Å²) in [6, 6.07) is 6.31. The van der Waals surface area contributed by atoms with Crippen molar-refractivity contribution in [3.8, 4) is 0 Å². The molecular formula is C28H30F7N5O2. The van der Waals surface area contributed by atoms with Crippen molar-refractivity contribution in [2.75, 3.05) is 26.2 Å². The fraction of sp³-hybridized carbons (Fsp3) is 0.500. The normalized spacial score (nSPS) is 21.6. The maximum absolute atomic E-state index is 13.8. The second-order valence-electron chi connectivity index (χ2n) is 10.5. The van der Waals surface area contributed by atoms with E-state index < -0.39 is 47.7 Å². The fourth-order valence-corrected chi connectivity index (χ4v) is 5.37. The number of hydrogen-bond donors (Lipinski definition) is 1. The highest BCUT2D eigenvalue weighted by Gasteiger charge is 2.39. The van der Waals surface area contributed by atoms with Crippen molar-refractivity contribution in [1.29, 1.82) is 0 Å². The van der Waals surface area contributed by atoms with Crippen molar-refractivity contribution in [3.05, 3.63) is 81.9 Å². The molecule has 3 heterocycles. The molecule has 14 heteroatoms. The van der Waals surface area contributed by atoms with E-state index in [2.05, 4.69) is 20.3 Å². The molecule has 1 N–H and O–H groups in total. The molecule has 2 fully saturated rings. The minimum atomic E-state index is -4.99. The number of nitrogens with one attached hydrogen (secondary N) is 1. The molecule has 42 heavy (non-hydrogen) atoms. The highest BCUT2D eigenvalue weighted by molar-refractivity contribution is 5.35. The summed E-state index contributed by atoms with van der Waals surface area (Å²) >= 11 is 0. The molecule has 3 aromatic rings. The van der Waals surface area contributed by atoms with Crippen LogP contribution in [0.5, 0.6) is 0 Å². The summed E-state index contributed by atoms with van der Waals surface area (Å²) in [5.74, 6) is -0.471. The Hall–Kier alpha value is -3.07. The lowest BCUT2D eigenvalue weighted by atomic mass is 10.0. The van der Waals surface area contributed by atoms with Crippen LogP contribution in [0.15, 0.2) is 42.5 Å². The van der Waals surface area contributed by atoms with Gasteiger partial charge in [0.15, 0.2) is 6.29 Å². The number of halogens is 7. The summed E-state index contributed by atoms with van der Waals surface area (Å²) in [6.45, 7) is 4.79. The summed E-state index contributed by atoms with van der Waals surface area (Å²) < 4.78 is 107. The molecule has 0 amide bonds. The Morgan fingerprint density at radius 2 is 1.50 bits per heavy atom. The van der Waals surface area contributed by atoms with Crippen molar-refractivity contribution in [2.45, 2.75) is 63.6 Å². The van der Waals surface area contributed by atoms with E-state index in [0.717, 1.165) is 31.6 Å². The van der Waals surface area contributed by atoms with Gasteiger partial charge in [-0.15, -0.1) is 0 Å². The Morgan fingerprint density at radius 3 is 2.10 bits per heavy atom. The number of likely N-dealkylation sites (tertiary alicyclic amines) is 1. The SMILES string of the molecule is C[C@@H](O[C@H]1OCCN(Cc2n[nH]nc2CN2CCCC2)[C@H]1c1ccc(F)cc1)c1cc(C(F)(F)F)cc(C(F)(F)F)c1. The molecule has 3 atom stereocenters. The van der Waals surface area contributed by atoms with Gasteiger partial charge in [-0.25, -0.2) is 4.39 Å². The molecule has 0 aliphatic carbocycles. The van der Waals surface area contributed by atoms with Gasteiger partial charge in [0.25, 0.3) is 0 Å². The Morgan fingerprint density at radius 1 is 0.905 bits per heavy atom. The molecule has 2 aliphatic rings. The van der Waals surface area contributed by atoms with E-state index in [4.69, 9.17) is 9.47 Å². The zero-order chi connectivity index (χ0) is 30.1. The summed E-state index contributed by atoms with van der Waals surface area (Å²) in [5.41, 5.74) is -1.11. The zero-order valence-electron chi connectivity index (χ0n) is 22.7. The van der Waals surface area contributed by atoms with Crippen LogP contribution in [0.1, 0.15) is 65.6 Å². The van der Waals surface area contributed by atoms with Gasteiger partial charge in [0, 0.05) is 19.6 Å². The van der Waals surface area contributed by atoms with E-state index in [-0.39, 0.29) is 18.2 Å². The van der Waals surface area contributed by atoms with Crippen molar-refractivity contribution in [3.63, 3.8) is 0 Å². The van der Waals surface area contributed by atoms with E-state index in [1.807, 2.05) is 4.90 Å². The van der Waals surface area contributed by atoms with Crippen LogP contribution in [0.25, 0.3) is 0 Å². The summed E-state index contributed by atoms with van der Waals surface area (Å²) in [4.78, 5) is 4.25. The van der Waals surface area contributed by atoms with E-state index in [0.29, 0.717) is 43.0 Å². The second kappa shape index (κ2) is 12.3. The molecule has 0 unspecified atom stereocenters. The van der Waals surface area contributed by atoms with Crippen LogP contribution in [-0.2, 0) is 34.9 Å². The Bertz CT molecular complexity index is 1310. The van der Waals surface area contributed by atoms with E-state index in [1.165, 1.54) is 19.1 Å². The van der Waals surface area contributed by atoms with Gasteiger partial charge in [-0.1, -0.05) is 12.1 Å². The highest BCUT2D eigenvalue weighted by atomic mass is 19.4. The van der Waals surface area contributed by atoms with Crippen LogP contribution < -0.4 is 0 Å². The molecule has 0 saturated carbocycles. The van der Waals surface area contributed by atoms with Crippen molar-refractivity contribution < 1.29 is 40.2 Å². The number of morpholine rings is 1. The number of hydrogen-bond acceptors (Lipinski definition) is 6. The summed E-state index contributed by atoms with van der Waals surface area (Å²) in [5, 5.41) is 11.3. The molecule has 5 rings (SSSR count). The largest absolute Gasteiger partial charge is 0.416 e. The number of nitrogens with zero attached hydrogens (tertiary/aromatic N) is 4. The standard InChI is InChI=1S/C28H30F7N5O2/c1-17(19-12-20(27(30,31)32)14-21(13-19)28(33,34)35)42-26-25(18-4-6-22(29)7-5-18)40(10-11-41-26)16-24-23(36-38-37-24)15-39-8-2-3-9-39/h4-7,12-14,17,25-26H,2-3,8-11,15-16H2,1H3,(H,36,37,38)/t17-,25+,26-/m1/s1. The first-order valence-electron chi connectivity index (χ1n) is 13.6. The topological polar surface area (TPSA) is 66.5 Å². The minimum Gasteiger partial charge on any atom is -0.349 e. The van der Waals surface area contributed by atoms with Crippen LogP contribution >= 0.6 is 0 Å². The number of ether oxygens (including phenoxy) is 2. The van der Waals surface area contributed by atoms with Crippen molar-refractivity contribution in [2.24, 2.45) is 0 Å². The van der Waals surface area contributed by atoms with Gasteiger partial charge >= 0.3 is 12.4 Å². The number of aromatic nitrogens is 3. The lowest BCUT2D eigenvalue weighted by molar-refractivity contribution is -0.231. The third-order valence-corrected chi connectivity index (χ3v) is 7.57. The van der Waals surface area contributed by atoms with Crippen LogP contribution in [0.3, 0.4) is 0 Å². The number of alkyl halides is 6. The van der Waals surface area contributed by atoms with E-state index in [1.54, 1.807) is 12.1 Å². The molecule has 0 radical (unpaired) electrons. The number of benzene rings is 2. The number of aromatic amines is 1. The van der Waals surface area contributed by atoms with Gasteiger partial charge in [0.2, 0.25) is 0 Å². The van der Waals surface area contributed by atoms with Crippen molar-refractivity contribution >= 4 is 0 Å². The van der Waals surface area contributed by atoms with E-state index >= 15 is 0 Å². The quantitative estimate of drug-likeness (QED) is 0.308. The zero-order valence-corrected chi connectivity index (χ0v) is 22.7. The van der Waals surface area contributed by atoms with Gasteiger partial charge in [0.05, 0.1) is 29.9 Å². The monoisotopic (exact) mass is 601 g/mol. The van der Waals surface area contributed by atoms with Crippen LogP contribution in [-0.4, -0.2) is 57.7 Å². The molecular weight excluding hydrogens is 571 g/mol. The second-order valence-corrected chi connectivity index (χ2v) is 10.5. The average Bonchev–Trinajstić information content (AvgIpc) is 3.61. The number of H-pyrrole nitrogens is 1. The van der Waals surface area contributed by atoms with Gasteiger partial charge in [0.1, 0.15) is 17.2 Å². The smallest absolute Gasteiger partial charge is 0.349 e. The molecule has 228 valence electrons. The third kappa shape index (κ3) is 7.10. The van der Waals surface area contributed by atoms with Gasteiger partial charge in [-0.05, 0) is 74.3 Å². The van der Waals surface area contributed by atoms with Gasteiger partial charge in [-0.2, -0.15) is 41.8 Å². The fourth-order valence-electron chi connectivity index (χ4n) is 5.37. The van der Waals surface area contributed by atoms with Gasteiger partial charge in [-0.3, -0.25) is 9.80 Å². The lowest BCUT2D eigenvalue weighted by Crippen LogP contribution is -2.46. The molecule has 2 aliphatic heterocycles. The predicted octanol–water partition coefficient (Wildman–Crippen LogP) is 6.25. The summed E-state index contributed by atoms with van der Waals surface area (Å²) in [6.07, 6.45) is -10.1. The van der Waals surface area contributed by atoms with Crippen molar-refractivity contribution in [1.82, 2.24) is 25.2 Å². The minimum absolute atomic E-state index is 0.0774. The first-order chi connectivity index (χ1) is 19.9. The maximum atomic E-state index is 13.8. The average molecular weight is 602 g/mol. The molecule has 2 aromatic carbocycles. The molecule has 1 aromatic heterocycles. The number of rotatable bonds is 8. The molecule has 0 bridgehead atoms. The lowest BCUT2D eigenvalue weighted by Gasteiger charge is -2.42. The third-order valence-electron chi connectivity index (χ3n) is 7.57. The Labute approximate surface area is 237 Å². The van der Waals surface area contributed by atoms with Gasteiger partial charge < -0.3 is 9.47 Å². The maximum Gasteiger partial charge on any atom is 0.416 e. The predicted molar refractivity (Wildman–Crippen MR) is 136 cm³/mol. The van der Waals surface area contributed by atoms with Crippen LogP contribution in [0.4, 0.5) is 30.7 Å². The first kappa shape index (κ1) is 30.4. The first-order valence-corrected chi connectivity index (χ1v) is 13.6.